The van der Waals surface area contributed by atoms with Crippen molar-refractivity contribution in [1.82, 2.24) is 9.55 Å². The maximum absolute atomic E-state index is 13.8. The van der Waals surface area contributed by atoms with Gasteiger partial charge >= 0.3 is 0 Å². The summed E-state index contributed by atoms with van der Waals surface area (Å²) in [6.45, 7) is 2.36. The number of pyridine rings is 1. The van der Waals surface area contributed by atoms with Crippen molar-refractivity contribution in [1.29, 1.82) is 5.26 Å². The molecule has 2 aromatic carbocycles. The van der Waals surface area contributed by atoms with Crippen molar-refractivity contribution in [3.05, 3.63) is 77.9 Å². The summed E-state index contributed by atoms with van der Waals surface area (Å²) in [5.74, 6) is 0.159. The lowest BCUT2D eigenvalue weighted by Gasteiger charge is -2.21. The molecule has 4 aromatic rings. The Morgan fingerprint density at radius 1 is 1.14 bits per heavy atom. The van der Waals surface area contributed by atoms with Crippen LogP contribution in [-0.4, -0.2) is 32.1 Å². The van der Waals surface area contributed by atoms with Gasteiger partial charge in [-0.15, -0.1) is 0 Å². The van der Waals surface area contributed by atoms with Gasteiger partial charge in [-0.25, -0.2) is 22.9 Å². The van der Waals surface area contributed by atoms with Crippen LogP contribution in [0.5, 0.6) is 0 Å². The SMILES string of the molecule is CC[C@H](Cn1cc(C#N)c2cc(F)ccc21)c1cc(-c2ccc(N(C)C)nc2)ccc1S(N)(=O)=O. The second-order valence-corrected chi connectivity index (χ2v) is 10.2. The van der Waals surface area contributed by atoms with E-state index in [1.165, 1.54) is 18.2 Å². The molecule has 9 heteroatoms. The highest BCUT2D eigenvalue weighted by Gasteiger charge is 2.23. The number of nitriles is 1. The number of sulfonamides is 1. The van der Waals surface area contributed by atoms with Crippen molar-refractivity contribution in [2.24, 2.45) is 5.14 Å². The van der Waals surface area contributed by atoms with E-state index < -0.39 is 15.8 Å². The molecule has 7 nitrogen and oxygen atoms in total. The third-order valence-electron chi connectivity index (χ3n) is 6.17. The minimum atomic E-state index is -3.98. The fraction of sp³-hybridized carbons (Fsp3) is 0.231. The molecule has 0 amide bonds. The van der Waals surface area contributed by atoms with Crippen molar-refractivity contribution in [3.8, 4) is 17.2 Å². The first kappa shape index (κ1) is 24.4. The van der Waals surface area contributed by atoms with Crippen molar-refractivity contribution in [2.45, 2.75) is 30.7 Å². The Hall–Kier alpha value is -3.74. The molecule has 4 rings (SSSR count). The number of aromatic nitrogens is 2. The van der Waals surface area contributed by atoms with E-state index in [1.54, 1.807) is 24.5 Å². The first-order valence-electron chi connectivity index (χ1n) is 11.1. The minimum Gasteiger partial charge on any atom is -0.363 e. The Labute approximate surface area is 204 Å². The van der Waals surface area contributed by atoms with Gasteiger partial charge in [-0.2, -0.15) is 5.26 Å². The summed E-state index contributed by atoms with van der Waals surface area (Å²) in [6.07, 6.45) is 4.04. The molecule has 0 saturated carbocycles. The number of hydrogen-bond donors (Lipinski definition) is 1. The van der Waals surface area contributed by atoms with Gasteiger partial charge in [0.05, 0.1) is 10.5 Å². The zero-order valence-corrected chi connectivity index (χ0v) is 20.6. The van der Waals surface area contributed by atoms with Gasteiger partial charge in [-0.05, 0) is 60.0 Å². The molecule has 35 heavy (non-hydrogen) atoms. The van der Waals surface area contributed by atoms with E-state index in [2.05, 4.69) is 11.1 Å². The van der Waals surface area contributed by atoms with Crippen LogP contribution >= 0.6 is 0 Å². The maximum atomic E-state index is 13.8. The van der Waals surface area contributed by atoms with Crippen molar-refractivity contribution in [3.63, 3.8) is 0 Å². The third-order valence-corrected chi connectivity index (χ3v) is 7.15. The van der Waals surface area contributed by atoms with Crippen LogP contribution in [0.3, 0.4) is 0 Å². The van der Waals surface area contributed by atoms with Gasteiger partial charge in [0, 0.05) is 55.4 Å². The molecule has 2 N–H and O–H groups in total. The van der Waals surface area contributed by atoms with Gasteiger partial charge in [-0.1, -0.05) is 13.0 Å². The van der Waals surface area contributed by atoms with Crippen LogP contribution in [0.15, 0.2) is 65.8 Å². The van der Waals surface area contributed by atoms with E-state index in [9.17, 15) is 18.1 Å². The third kappa shape index (κ3) is 4.90. The summed E-state index contributed by atoms with van der Waals surface area (Å²) >= 11 is 0. The monoisotopic (exact) mass is 491 g/mol. The number of nitrogens with zero attached hydrogens (tertiary/aromatic N) is 4. The molecule has 2 heterocycles. The topological polar surface area (TPSA) is 105 Å². The number of anilines is 1. The van der Waals surface area contributed by atoms with Crippen LogP contribution < -0.4 is 10.0 Å². The molecule has 0 unspecified atom stereocenters. The van der Waals surface area contributed by atoms with Gasteiger partial charge in [0.2, 0.25) is 10.0 Å². The molecular formula is C26H26FN5O2S. The first-order chi connectivity index (χ1) is 16.6. The zero-order valence-electron chi connectivity index (χ0n) is 19.7. The van der Waals surface area contributed by atoms with E-state index in [4.69, 9.17) is 5.14 Å². The standard InChI is InChI=1S/C26H26FN5O2S/c1-4-17(15-32-16-20(13-28)22-12-21(27)7-8-24(22)32)23-11-18(5-9-25(23)35(29,33)34)19-6-10-26(30-14-19)31(2)3/h5-12,14,16-17H,4,15H2,1-3H3,(H2,29,33,34)/t17-/m1/s1. The summed E-state index contributed by atoms with van der Waals surface area (Å²) in [4.78, 5) is 6.42. The number of fused-ring (bicyclic) bond motifs is 1. The smallest absolute Gasteiger partial charge is 0.238 e. The normalized spacial score (nSPS) is 12.5. The molecular weight excluding hydrogens is 465 g/mol. The molecule has 0 fully saturated rings. The lowest BCUT2D eigenvalue weighted by molar-refractivity contribution is 0.544. The Bertz CT molecular complexity index is 1540. The zero-order chi connectivity index (χ0) is 25.3. The average molecular weight is 492 g/mol. The van der Waals surface area contributed by atoms with Gasteiger partial charge in [0.15, 0.2) is 0 Å². The van der Waals surface area contributed by atoms with Crippen molar-refractivity contribution < 1.29 is 12.8 Å². The van der Waals surface area contributed by atoms with Crippen LogP contribution in [0, 0.1) is 17.1 Å². The van der Waals surface area contributed by atoms with E-state index in [0.29, 0.717) is 35.0 Å². The van der Waals surface area contributed by atoms with Crippen LogP contribution in [0.4, 0.5) is 10.2 Å². The summed E-state index contributed by atoms with van der Waals surface area (Å²) in [5, 5.41) is 15.6. The van der Waals surface area contributed by atoms with E-state index in [-0.39, 0.29) is 10.8 Å². The summed E-state index contributed by atoms with van der Waals surface area (Å²) < 4.78 is 40.6. The van der Waals surface area contributed by atoms with E-state index in [0.717, 1.165) is 16.9 Å². The second kappa shape index (κ2) is 9.49. The minimum absolute atomic E-state index is 0.0639. The van der Waals surface area contributed by atoms with Crippen LogP contribution in [-0.2, 0) is 16.6 Å². The van der Waals surface area contributed by atoms with Gasteiger partial charge in [0.25, 0.3) is 0 Å². The lowest BCUT2D eigenvalue weighted by atomic mass is 9.93. The number of halogens is 1. The first-order valence-corrected chi connectivity index (χ1v) is 12.7. The van der Waals surface area contributed by atoms with E-state index in [1.807, 2.05) is 48.7 Å². The quantitative estimate of drug-likeness (QED) is 0.406. The van der Waals surface area contributed by atoms with Gasteiger partial charge in [-0.3, -0.25) is 0 Å². The van der Waals surface area contributed by atoms with Crippen LogP contribution in [0.2, 0.25) is 0 Å². The number of primary sulfonamides is 1. The van der Waals surface area contributed by atoms with Gasteiger partial charge < -0.3 is 9.47 Å². The Morgan fingerprint density at radius 3 is 2.49 bits per heavy atom. The Kier molecular flexibility index (Phi) is 6.61. The van der Waals surface area contributed by atoms with Gasteiger partial charge in [0.1, 0.15) is 17.7 Å². The molecule has 0 aliphatic carbocycles. The lowest BCUT2D eigenvalue weighted by Crippen LogP contribution is -2.18. The number of benzene rings is 2. The summed E-state index contributed by atoms with van der Waals surface area (Å²) in [5.41, 5.74) is 3.33. The second-order valence-electron chi connectivity index (χ2n) is 8.67. The van der Waals surface area contributed by atoms with Crippen molar-refractivity contribution in [2.75, 3.05) is 19.0 Å². The molecule has 0 saturated heterocycles. The molecule has 0 aliphatic rings. The fourth-order valence-corrected chi connectivity index (χ4v) is 5.13. The number of rotatable bonds is 7. The molecule has 180 valence electrons. The predicted molar refractivity (Wildman–Crippen MR) is 135 cm³/mol. The number of nitrogens with two attached hydrogens (primary N) is 1. The molecule has 2 aromatic heterocycles. The highest BCUT2D eigenvalue weighted by Crippen LogP contribution is 2.34. The average Bonchev–Trinajstić information content (AvgIpc) is 3.18. The highest BCUT2D eigenvalue weighted by molar-refractivity contribution is 7.89. The Balaban J connectivity index is 1.81. The fourth-order valence-electron chi connectivity index (χ4n) is 4.32. The maximum Gasteiger partial charge on any atom is 0.238 e. The summed E-state index contributed by atoms with van der Waals surface area (Å²) in [7, 11) is -0.165. The molecule has 1 atom stereocenters. The van der Waals surface area contributed by atoms with Crippen molar-refractivity contribution >= 4 is 26.7 Å². The highest BCUT2D eigenvalue weighted by atomic mass is 32.2. The molecule has 0 bridgehead atoms. The van der Waals surface area contributed by atoms with Crippen LogP contribution in [0.1, 0.15) is 30.4 Å². The predicted octanol–water partition coefficient (Wildman–Crippen LogP) is 4.62. The molecule has 0 spiro atoms. The largest absolute Gasteiger partial charge is 0.363 e. The molecule has 0 radical (unpaired) electrons. The van der Waals surface area contributed by atoms with E-state index >= 15 is 0 Å². The van der Waals surface area contributed by atoms with Crippen LogP contribution in [0.25, 0.3) is 22.0 Å². The number of hydrogen-bond acceptors (Lipinski definition) is 5. The molecule has 0 aliphatic heterocycles. The Morgan fingerprint density at radius 2 is 1.89 bits per heavy atom. The summed E-state index contributed by atoms with van der Waals surface area (Å²) in [6, 6.07) is 15.4.